The summed E-state index contributed by atoms with van der Waals surface area (Å²) in [4.78, 5) is 29.1. The van der Waals surface area contributed by atoms with Crippen molar-refractivity contribution in [2.24, 2.45) is 0 Å². The molecule has 0 N–H and O–H groups in total. The summed E-state index contributed by atoms with van der Waals surface area (Å²) in [5, 5.41) is -0.0307. The zero-order valence-electron chi connectivity index (χ0n) is 17.6. The number of hydrogen-bond donors (Lipinski definition) is 0. The maximum Gasteiger partial charge on any atom is 0.253 e. The minimum atomic E-state index is -0.516. The molecule has 0 radical (unpaired) electrons. The second-order valence-corrected chi connectivity index (χ2v) is 9.08. The summed E-state index contributed by atoms with van der Waals surface area (Å²) < 4.78 is 13.4. The molecule has 3 heterocycles. The van der Waals surface area contributed by atoms with E-state index in [0.29, 0.717) is 31.5 Å². The van der Waals surface area contributed by atoms with Crippen molar-refractivity contribution in [2.45, 2.75) is 38.1 Å². The average molecular weight is 444 g/mol. The van der Waals surface area contributed by atoms with Gasteiger partial charge in [0.15, 0.2) is 0 Å². The number of piperazine rings is 1. The summed E-state index contributed by atoms with van der Waals surface area (Å²) >= 11 is 5.86. The maximum absolute atomic E-state index is 13.4. The molecule has 0 atom stereocenters. The van der Waals surface area contributed by atoms with Crippen LogP contribution in [0.4, 0.5) is 10.3 Å². The van der Waals surface area contributed by atoms with Crippen LogP contribution in [-0.4, -0.2) is 71.0 Å². The first-order chi connectivity index (χ1) is 15.1. The fraction of sp³-hybridized carbons (Fsp3) is 0.522. The molecule has 5 rings (SSSR count). The maximum atomic E-state index is 13.4. The third-order valence-electron chi connectivity index (χ3n) is 6.85. The Morgan fingerprint density at radius 2 is 1.84 bits per heavy atom. The van der Waals surface area contributed by atoms with Gasteiger partial charge in [-0.25, -0.2) is 14.4 Å². The minimum Gasteiger partial charge on any atom is -0.338 e. The standard InChI is InChI=1S/C23H27ClFN5O/c24-19-14-16(4-5-20(19)25)22(31)29-8-6-17-15-26-23(27-21(17)7-9-29)30-12-10-28(11-13-30)18-2-1-3-18/h4-5,14-15,18H,1-3,6-13H2. The molecule has 1 amide bonds. The first kappa shape index (κ1) is 20.6. The van der Waals surface area contributed by atoms with Crippen LogP contribution in [0.3, 0.4) is 0 Å². The van der Waals surface area contributed by atoms with Crippen molar-refractivity contribution in [3.63, 3.8) is 0 Å². The Kier molecular flexibility index (Phi) is 5.80. The van der Waals surface area contributed by atoms with Crippen LogP contribution in [0.15, 0.2) is 24.4 Å². The highest BCUT2D eigenvalue weighted by Gasteiger charge is 2.29. The van der Waals surface area contributed by atoms with E-state index in [2.05, 4.69) is 14.8 Å². The molecule has 2 fully saturated rings. The fourth-order valence-corrected chi connectivity index (χ4v) is 4.85. The van der Waals surface area contributed by atoms with Gasteiger partial charge in [-0.1, -0.05) is 18.0 Å². The summed E-state index contributed by atoms with van der Waals surface area (Å²) in [5.74, 6) is 0.157. The molecule has 0 spiro atoms. The van der Waals surface area contributed by atoms with E-state index in [1.807, 2.05) is 6.20 Å². The predicted molar refractivity (Wildman–Crippen MR) is 118 cm³/mol. The number of carbonyl (C=O) groups excluding carboxylic acids is 1. The lowest BCUT2D eigenvalue weighted by molar-refractivity contribution is 0.0763. The molecule has 0 bridgehead atoms. The zero-order valence-corrected chi connectivity index (χ0v) is 18.3. The first-order valence-corrected chi connectivity index (χ1v) is 11.5. The molecule has 2 aromatic rings. The minimum absolute atomic E-state index is 0.0307. The Labute approximate surface area is 187 Å². The number of rotatable bonds is 3. The van der Waals surface area contributed by atoms with E-state index in [4.69, 9.17) is 16.6 Å². The highest BCUT2D eigenvalue weighted by molar-refractivity contribution is 6.31. The topological polar surface area (TPSA) is 52.6 Å². The Bertz CT molecular complexity index is 974. The van der Waals surface area contributed by atoms with Crippen LogP contribution in [0.1, 0.15) is 40.9 Å². The van der Waals surface area contributed by atoms with Gasteiger partial charge in [0.2, 0.25) is 5.95 Å². The normalized spacial score (nSPS) is 20.2. The second kappa shape index (κ2) is 8.71. The van der Waals surface area contributed by atoms with Crippen molar-refractivity contribution < 1.29 is 9.18 Å². The molecule has 6 nitrogen and oxygen atoms in total. The van der Waals surface area contributed by atoms with Crippen LogP contribution >= 0.6 is 11.6 Å². The number of hydrogen-bond acceptors (Lipinski definition) is 5. The zero-order chi connectivity index (χ0) is 21.4. The molecule has 164 valence electrons. The molecule has 0 unspecified atom stereocenters. The van der Waals surface area contributed by atoms with Crippen molar-refractivity contribution in [3.05, 3.63) is 52.1 Å². The molecule has 1 aromatic carbocycles. The van der Waals surface area contributed by atoms with Crippen LogP contribution < -0.4 is 4.90 Å². The fourth-order valence-electron chi connectivity index (χ4n) is 4.67. The molecule has 1 aliphatic carbocycles. The second-order valence-electron chi connectivity index (χ2n) is 8.67. The van der Waals surface area contributed by atoms with E-state index in [1.54, 1.807) is 4.90 Å². The Morgan fingerprint density at radius 1 is 1.06 bits per heavy atom. The molecular weight excluding hydrogens is 417 g/mol. The van der Waals surface area contributed by atoms with E-state index in [-0.39, 0.29) is 10.9 Å². The Morgan fingerprint density at radius 3 is 2.55 bits per heavy atom. The van der Waals surface area contributed by atoms with Crippen molar-refractivity contribution in [2.75, 3.05) is 44.2 Å². The molecule has 3 aliphatic rings. The van der Waals surface area contributed by atoms with Crippen LogP contribution in [0, 0.1) is 5.82 Å². The van der Waals surface area contributed by atoms with Gasteiger partial charge in [0.1, 0.15) is 5.82 Å². The van der Waals surface area contributed by atoms with Crippen LogP contribution in [0.25, 0.3) is 0 Å². The largest absolute Gasteiger partial charge is 0.338 e. The van der Waals surface area contributed by atoms with Crippen LogP contribution in [0.5, 0.6) is 0 Å². The van der Waals surface area contributed by atoms with E-state index in [0.717, 1.165) is 49.4 Å². The summed E-state index contributed by atoms with van der Waals surface area (Å²) in [6.07, 6.45) is 7.38. The Hall–Kier alpha value is -2.25. The van der Waals surface area contributed by atoms with E-state index < -0.39 is 5.82 Å². The number of carbonyl (C=O) groups is 1. The molecule has 1 aromatic heterocycles. The average Bonchev–Trinajstić information content (AvgIpc) is 2.97. The molecule has 1 saturated heterocycles. The number of nitrogens with zero attached hydrogens (tertiary/aromatic N) is 5. The number of aromatic nitrogens is 2. The summed E-state index contributed by atoms with van der Waals surface area (Å²) in [6.45, 7) is 5.24. The van der Waals surface area contributed by atoms with Gasteiger partial charge in [-0.15, -0.1) is 0 Å². The smallest absolute Gasteiger partial charge is 0.253 e. The predicted octanol–water partition coefficient (Wildman–Crippen LogP) is 3.18. The number of anilines is 1. The van der Waals surface area contributed by atoms with E-state index in [9.17, 15) is 9.18 Å². The van der Waals surface area contributed by atoms with Gasteiger partial charge in [-0.2, -0.15) is 0 Å². The summed E-state index contributed by atoms with van der Waals surface area (Å²) in [7, 11) is 0. The van der Waals surface area contributed by atoms with Gasteiger partial charge < -0.3 is 9.80 Å². The van der Waals surface area contributed by atoms with Crippen LogP contribution in [-0.2, 0) is 12.8 Å². The van der Waals surface area contributed by atoms with E-state index >= 15 is 0 Å². The van der Waals surface area contributed by atoms with Gasteiger partial charge in [0.05, 0.1) is 10.7 Å². The van der Waals surface area contributed by atoms with Gasteiger partial charge in [0.25, 0.3) is 5.91 Å². The Balaban J connectivity index is 1.24. The number of amides is 1. The lowest BCUT2D eigenvalue weighted by Gasteiger charge is -2.43. The van der Waals surface area contributed by atoms with Gasteiger partial charge in [-0.05, 0) is 43.0 Å². The SMILES string of the molecule is O=C(c1ccc(F)c(Cl)c1)N1CCc2cnc(N3CCN(C4CCC4)CC3)nc2CC1. The molecule has 8 heteroatoms. The molecule has 2 aliphatic heterocycles. The lowest BCUT2D eigenvalue weighted by atomic mass is 9.91. The van der Waals surface area contributed by atoms with Gasteiger partial charge >= 0.3 is 0 Å². The van der Waals surface area contributed by atoms with Crippen molar-refractivity contribution >= 4 is 23.5 Å². The van der Waals surface area contributed by atoms with Crippen molar-refractivity contribution in [1.29, 1.82) is 0 Å². The lowest BCUT2D eigenvalue weighted by Crippen LogP contribution is -2.52. The van der Waals surface area contributed by atoms with Crippen molar-refractivity contribution in [3.8, 4) is 0 Å². The molecule has 1 saturated carbocycles. The number of benzene rings is 1. The first-order valence-electron chi connectivity index (χ1n) is 11.2. The third kappa shape index (κ3) is 4.26. The van der Waals surface area contributed by atoms with Crippen LogP contribution in [0.2, 0.25) is 5.02 Å². The number of halogens is 2. The highest BCUT2D eigenvalue weighted by Crippen LogP contribution is 2.26. The molecule has 31 heavy (non-hydrogen) atoms. The monoisotopic (exact) mass is 443 g/mol. The quantitative estimate of drug-likeness (QED) is 0.729. The number of fused-ring (bicyclic) bond motifs is 1. The third-order valence-corrected chi connectivity index (χ3v) is 7.14. The van der Waals surface area contributed by atoms with Gasteiger partial charge in [0, 0.05) is 63.5 Å². The van der Waals surface area contributed by atoms with Gasteiger partial charge in [-0.3, -0.25) is 9.69 Å². The summed E-state index contributed by atoms with van der Waals surface area (Å²) in [6, 6.07) is 4.92. The van der Waals surface area contributed by atoms with Crippen molar-refractivity contribution in [1.82, 2.24) is 19.8 Å². The van der Waals surface area contributed by atoms with E-state index in [1.165, 1.54) is 37.5 Å². The highest BCUT2D eigenvalue weighted by atomic mass is 35.5. The summed E-state index contributed by atoms with van der Waals surface area (Å²) in [5.41, 5.74) is 2.54. The molecular formula is C23H27ClFN5O.